The summed E-state index contributed by atoms with van der Waals surface area (Å²) < 4.78 is 5.54. The van der Waals surface area contributed by atoms with Crippen molar-refractivity contribution in [1.29, 1.82) is 5.26 Å². The number of hydrogen-bond donors (Lipinski definition) is 3. The Hall–Kier alpha value is -3.79. The largest absolute Gasteiger partial charge is 0.417 e. The third-order valence-electron chi connectivity index (χ3n) is 3.35. The summed E-state index contributed by atoms with van der Waals surface area (Å²) >= 11 is 0. The Morgan fingerprint density at radius 2 is 1.84 bits per heavy atom. The van der Waals surface area contributed by atoms with E-state index in [1.54, 1.807) is 24.3 Å². The molecule has 3 N–H and O–H groups in total. The molecule has 0 radical (unpaired) electrons. The number of hydrogen-bond acceptors (Lipinski definition) is 5. The van der Waals surface area contributed by atoms with Crippen LogP contribution in [-0.4, -0.2) is 11.0 Å². The highest BCUT2D eigenvalue weighted by molar-refractivity contribution is 5.89. The first kappa shape index (κ1) is 16.1. The number of oxazole rings is 1. The molecular formula is C18H15N5O2. The van der Waals surface area contributed by atoms with Crippen molar-refractivity contribution in [3.8, 4) is 17.5 Å². The SMILES string of the molecule is Cc1ccc(-c2nc(C#N)c(NNC(=O)Nc3ccccc3)o2)cc1. The lowest BCUT2D eigenvalue weighted by atomic mass is 10.1. The second kappa shape index (κ2) is 7.19. The third-order valence-corrected chi connectivity index (χ3v) is 3.35. The van der Waals surface area contributed by atoms with E-state index in [4.69, 9.17) is 4.42 Å². The topological polar surface area (TPSA) is 103 Å². The van der Waals surface area contributed by atoms with E-state index < -0.39 is 6.03 Å². The fourth-order valence-corrected chi connectivity index (χ4v) is 2.10. The molecule has 3 aromatic rings. The van der Waals surface area contributed by atoms with E-state index in [0.29, 0.717) is 11.6 Å². The van der Waals surface area contributed by atoms with Gasteiger partial charge in [-0.1, -0.05) is 35.9 Å². The van der Waals surface area contributed by atoms with Gasteiger partial charge in [0.05, 0.1) is 0 Å². The summed E-state index contributed by atoms with van der Waals surface area (Å²) in [6.07, 6.45) is 0. The van der Waals surface area contributed by atoms with Crippen molar-refractivity contribution in [2.45, 2.75) is 6.92 Å². The van der Waals surface area contributed by atoms with E-state index in [-0.39, 0.29) is 11.6 Å². The number of aryl methyl sites for hydroxylation is 1. The van der Waals surface area contributed by atoms with Gasteiger partial charge >= 0.3 is 6.03 Å². The van der Waals surface area contributed by atoms with Gasteiger partial charge in [0.2, 0.25) is 11.6 Å². The molecule has 3 rings (SSSR count). The Kier molecular flexibility index (Phi) is 4.62. The van der Waals surface area contributed by atoms with E-state index in [1.165, 1.54) is 0 Å². The van der Waals surface area contributed by atoms with E-state index in [1.807, 2.05) is 43.3 Å². The van der Waals surface area contributed by atoms with Crippen molar-refractivity contribution >= 4 is 17.6 Å². The van der Waals surface area contributed by atoms with Crippen LogP contribution in [0.25, 0.3) is 11.5 Å². The molecule has 2 aromatic carbocycles. The Morgan fingerprint density at radius 1 is 1.12 bits per heavy atom. The molecule has 0 bridgehead atoms. The number of anilines is 2. The minimum Gasteiger partial charge on any atom is -0.417 e. The van der Waals surface area contributed by atoms with Gasteiger partial charge in [-0.25, -0.2) is 10.2 Å². The van der Waals surface area contributed by atoms with Gasteiger partial charge in [-0.05, 0) is 31.2 Å². The van der Waals surface area contributed by atoms with Gasteiger partial charge in [0.15, 0.2) is 0 Å². The molecule has 0 atom stereocenters. The molecule has 124 valence electrons. The molecule has 1 aromatic heterocycles. The number of carbonyl (C=O) groups excluding carboxylic acids is 1. The van der Waals surface area contributed by atoms with Crippen LogP contribution in [0, 0.1) is 18.3 Å². The first-order chi connectivity index (χ1) is 12.2. The summed E-state index contributed by atoms with van der Waals surface area (Å²) in [5, 5.41) is 11.8. The van der Waals surface area contributed by atoms with E-state index in [0.717, 1.165) is 11.1 Å². The maximum atomic E-state index is 11.9. The summed E-state index contributed by atoms with van der Waals surface area (Å²) in [6.45, 7) is 1.97. The van der Waals surface area contributed by atoms with E-state index in [2.05, 4.69) is 21.2 Å². The highest BCUT2D eigenvalue weighted by Crippen LogP contribution is 2.25. The van der Waals surface area contributed by atoms with Crippen molar-refractivity contribution in [1.82, 2.24) is 10.4 Å². The lowest BCUT2D eigenvalue weighted by Crippen LogP contribution is -2.33. The molecule has 0 aliphatic heterocycles. The van der Waals surface area contributed by atoms with Crippen LogP contribution >= 0.6 is 0 Å². The van der Waals surface area contributed by atoms with Crippen LogP contribution in [0.3, 0.4) is 0 Å². The quantitative estimate of drug-likeness (QED) is 0.632. The number of carbonyl (C=O) groups is 1. The number of hydrazine groups is 1. The predicted molar refractivity (Wildman–Crippen MR) is 93.6 cm³/mol. The summed E-state index contributed by atoms with van der Waals surface area (Å²) in [5.41, 5.74) is 7.52. The smallest absolute Gasteiger partial charge is 0.337 e. The number of nitrogens with one attached hydrogen (secondary N) is 3. The van der Waals surface area contributed by atoms with Crippen molar-refractivity contribution in [3.63, 3.8) is 0 Å². The van der Waals surface area contributed by atoms with Crippen LogP contribution in [0.2, 0.25) is 0 Å². The summed E-state index contributed by atoms with van der Waals surface area (Å²) in [6, 6.07) is 17.9. The zero-order valence-electron chi connectivity index (χ0n) is 13.4. The number of nitrogens with zero attached hydrogens (tertiary/aromatic N) is 2. The van der Waals surface area contributed by atoms with Gasteiger partial charge in [0.25, 0.3) is 5.88 Å². The summed E-state index contributed by atoms with van der Waals surface area (Å²) in [7, 11) is 0. The van der Waals surface area contributed by atoms with E-state index in [9.17, 15) is 10.1 Å². The lowest BCUT2D eigenvalue weighted by Gasteiger charge is -2.07. The molecule has 0 unspecified atom stereocenters. The van der Waals surface area contributed by atoms with Crippen LogP contribution in [0.5, 0.6) is 0 Å². The van der Waals surface area contributed by atoms with Gasteiger partial charge in [-0.2, -0.15) is 10.2 Å². The molecular weight excluding hydrogens is 318 g/mol. The van der Waals surface area contributed by atoms with Gasteiger partial charge in [0, 0.05) is 11.3 Å². The lowest BCUT2D eigenvalue weighted by molar-refractivity contribution is 0.253. The Balaban J connectivity index is 1.69. The number of urea groups is 1. The average molecular weight is 333 g/mol. The zero-order chi connectivity index (χ0) is 17.6. The molecule has 0 spiro atoms. The number of para-hydroxylation sites is 1. The van der Waals surface area contributed by atoms with E-state index >= 15 is 0 Å². The maximum Gasteiger partial charge on any atom is 0.337 e. The molecule has 25 heavy (non-hydrogen) atoms. The average Bonchev–Trinajstić information content (AvgIpc) is 3.05. The van der Waals surface area contributed by atoms with Crippen LogP contribution in [0.4, 0.5) is 16.4 Å². The standard InChI is InChI=1S/C18H15N5O2/c1-12-7-9-13(10-8-12)16-21-15(11-19)17(25-16)22-23-18(24)20-14-5-3-2-4-6-14/h2-10,22H,1H3,(H2,20,23,24). The van der Waals surface area contributed by atoms with Crippen molar-refractivity contribution in [2.24, 2.45) is 0 Å². The molecule has 7 heteroatoms. The third kappa shape index (κ3) is 3.95. The molecule has 2 amide bonds. The summed E-state index contributed by atoms with van der Waals surface area (Å²) in [5.74, 6) is 0.366. The van der Waals surface area contributed by atoms with Gasteiger partial charge < -0.3 is 9.73 Å². The minimum absolute atomic E-state index is 0.0515. The highest BCUT2D eigenvalue weighted by Gasteiger charge is 2.15. The van der Waals surface area contributed by atoms with Crippen molar-refractivity contribution in [3.05, 3.63) is 65.9 Å². The monoisotopic (exact) mass is 333 g/mol. The van der Waals surface area contributed by atoms with Gasteiger partial charge in [-0.3, -0.25) is 5.43 Å². The summed E-state index contributed by atoms with van der Waals surface area (Å²) in [4.78, 5) is 16.0. The second-order valence-electron chi connectivity index (χ2n) is 5.24. The number of aromatic nitrogens is 1. The molecule has 1 heterocycles. The van der Waals surface area contributed by atoms with Crippen molar-refractivity contribution < 1.29 is 9.21 Å². The zero-order valence-corrected chi connectivity index (χ0v) is 13.4. The van der Waals surface area contributed by atoms with Gasteiger partial charge in [-0.15, -0.1) is 0 Å². The predicted octanol–water partition coefficient (Wildman–Crippen LogP) is 3.67. The fraction of sp³-hybridized carbons (Fsp3) is 0.0556. The first-order valence-corrected chi connectivity index (χ1v) is 7.52. The van der Waals surface area contributed by atoms with Crippen LogP contribution < -0.4 is 16.2 Å². The van der Waals surface area contributed by atoms with Crippen molar-refractivity contribution in [2.75, 3.05) is 10.7 Å². The molecule has 0 saturated carbocycles. The molecule has 7 nitrogen and oxygen atoms in total. The number of benzene rings is 2. The maximum absolute atomic E-state index is 11.9. The highest BCUT2D eigenvalue weighted by atomic mass is 16.4. The van der Waals surface area contributed by atoms with Crippen LogP contribution in [-0.2, 0) is 0 Å². The number of rotatable bonds is 4. The number of amides is 2. The second-order valence-corrected chi connectivity index (χ2v) is 5.24. The molecule has 0 aliphatic rings. The number of nitriles is 1. The van der Waals surface area contributed by atoms with Crippen LogP contribution in [0.15, 0.2) is 59.0 Å². The van der Waals surface area contributed by atoms with Crippen LogP contribution in [0.1, 0.15) is 11.3 Å². The molecule has 0 saturated heterocycles. The fourth-order valence-electron chi connectivity index (χ4n) is 2.10. The Bertz CT molecular complexity index is 911. The molecule has 0 fully saturated rings. The minimum atomic E-state index is -0.497. The Morgan fingerprint density at radius 3 is 2.52 bits per heavy atom. The molecule has 0 aliphatic carbocycles. The normalized spacial score (nSPS) is 9.92. The first-order valence-electron chi connectivity index (χ1n) is 7.52. The van der Waals surface area contributed by atoms with Gasteiger partial charge in [0.1, 0.15) is 6.07 Å². The Labute approximate surface area is 144 Å².